The second-order valence-electron chi connectivity index (χ2n) is 4.34. The van der Waals surface area contributed by atoms with Crippen molar-refractivity contribution in [2.24, 2.45) is 0 Å². The van der Waals surface area contributed by atoms with Crippen LogP contribution in [0.4, 0.5) is 0 Å². The van der Waals surface area contributed by atoms with E-state index in [-0.39, 0.29) is 17.1 Å². The minimum atomic E-state index is -3.53. The third kappa shape index (κ3) is 3.77. The average molecular weight is 322 g/mol. The summed E-state index contributed by atoms with van der Waals surface area (Å²) < 4.78 is 25.6. The highest BCUT2D eigenvalue weighted by Crippen LogP contribution is 2.11. The summed E-state index contributed by atoms with van der Waals surface area (Å²) in [6.45, 7) is 0.132. The van der Waals surface area contributed by atoms with E-state index in [0.717, 1.165) is 0 Å². The molecule has 2 rings (SSSR count). The third-order valence-electron chi connectivity index (χ3n) is 2.84. The van der Waals surface area contributed by atoms with E-state index < -0.39 is 21.5 Å². The van der Waals surface area contributed by atoms with Gasteiger partial charge in [0.25, 0.3) is 11.5 Å². The van der Waals surface area contributed by atoms with Crippen molar-refractivity contribution in [1.29, 1.82) is 0 Å². The smallest absolute Gasteiger partial charge is 0.271 e. The zero-order valence-corrected chi connectivity index (χ0v) is 12.5. The minimum absolute atomic E-state index is 0.0681. The van der Waals surface area contributed by atoms with Gasteiger partial charge in [0.15, 0.2) is 0 Å². The summed E-state index contributed by atoms with van der Waals surface area (Å²) in [5.74, 6) is -0.474. The fourth-order valence-corrected chi connectivity index (χ4v) is 2.48. The van der Waals surface area contributed by atoms with Gasteiger partial charge in [0.1, 0.15) is 5.69 Å². The number of rotatable bonds is 5. The highest BCUT2D eigenvalue weighted by molar-refractivity contribution is 7.89. The molecule has 1 aromatic carbocycles. The van der Waals surface area contributed by atoms with Gasteiger partial charge in [-0.2, -0.15) is 5.10 Å². The van der Waals surface area contributed by atoms with Gasteiger partial charge in [-0.15, -0.1) is 0 Å². The Morgan fingerprint density at radius 2 is 2.05 bits per heavy atom. The number of carbonyl (C=O) groups excluding carboxylic acids is 1. The summed E-state index contributed by atoms with van der Waals surface area (Å²) in [5.41, 5.74) is 0.286. The minimum Gasteiger partial charge on any atom is -0.347 e. The lowest BCUT2D eigenvalue weighted by Gasteiger charge is -2.07. The first kappa shape index (κ1) is 15.9. The molecule has 0 aliphatic rings. The maximum Gasteiger partial charge on any atom is 0.271 e. The fraction of sp³-hybridized carbons (Fsp3) is 0.154. The van der Waals surface area contributed by atoms with Crippen molar-refractivity contribution in [3.63, 3.8) is 0 Å². The average Bonchev–Trinajstić information content (AvgIpc) is 2.53. The predicted octanol–water partition coefficient (Wildman–Crippen LogP) is -0.392. The molecule has 0 unspecified atom stereocenters. The first-order valence-electron chi connectivity index (χ1n) is 6.29. The van der Waals surface area contributed by atoms with E-state index in [1.165, 1.54) is 31.3 Å². The Morgan fingerprint density at radius 1 is 1.27 bits per heavy atom. The number of sulfonamides is 1. The molecule has 0 spiro atoms. The maximum atomic E-state index is 11.8. The highest BCUT2D eigenvalue weighted by atomic mass is 32.2. The lowest BCUT2D eigenvalue weighted by atomic mass is 10.2. The van der Waals surface area contributed by atoms with Crippen molar-refractivity contribution in [1.82, 2.24) is 20.2 Å². The van der Waals surface area contributed by atoms with Crippen LogP contribution in [0.3, 0.4) is 0 Å². The molecule has 116 valence electrons. The summed E-state index contributed by atoms with van der Waals surface area (Å²) in [4.78, 5) is 22.8. The Bertz CT molecular complexity index is 825. The predicted molar refractivity (Wildman–Crippen MR) is 78.7 cm³/mol. The second-order valence-corrected chi connectivity index (χ2v) is 6.23. The molecule has 0 atom stereocenters. The van der Waals surface area contributed by atoms with Gasteiger partial charge in [-0.3, -0.25) is 9.59 Å². The Labute approximate surface area is 126 Å². The van der Waals surface area contributed by atoms with Gasteiger partial charge in [0, 0.05) is 12.6 Å². The number of amides is 1. The number of hydrogen-bond acceptors (Lipinski definition) is 5. The Kier molecular flexibility index (Phi) is 4.68. The first-order valence-corrected chi connectivity index (χ1v) is 7.77. The van der Waals surface area contributed by atoms with Crippen molar-refractivity contribution >= 4 is 15.9 Å². The first-order chi connectivity index (χ1) is 10.4. The van der Waals surface area contributed by atoms with Gasteiger partial charge in [0.2, 0.25) is 10.0 Å². The number of nitrogens with zero attached hydrogens (tertiary/aromatic N) is 1. The molecule has 0 bridgehead atoms. The van der Waals surface area contributed by atoms with Gasteiger partial charge in [-0.1, -0.05) is 12.1 Å². The largest absolute Gasteiger partial charge is 0.347 e. The molecule has 8 nitrogen and oxygen atoms in total. The molecule has 3 N–H and O–H groups in total. The van der Waals surface area contributed by atoms with Gasteiger partial charge in [-0.05, 0) is 30.8 Å². The van der Waals surface area contributed by atoms with E-state index in [0.29, 0.717) is 5.56 Å². The van der Waals surface area contributed by atoms with Crippen molar-refractivity contribution in [2.45, 2.75) is 11.4 Å². The van der Waals surface area contributed by atoms with Crippen molar-refractivity contribution < 1.29 is 13.2 Å². The monoisotopic (exact) mass is 322 g/mol. The third-order valence-corrected chi connectivity index (χ3v) is 4.25. The number of H-pyrrole nitrogens is 1. The van der Waals surface area contributed by atoms with Gasteiger partial charge in [0.05, 0.1) is 4.90 Å². The van der Waals surface area contributed by atoms with Crippen molar-refractivity contribution in [3.8, 4) is 0 Å². The van der Waals surface area contributed by atoms with Crippen molar-refractivity contribution in [2.75, 3.05) is 7.05 Å². The summed E-state index contributed by atoms with van der Waals surface area (Å²) in [6.07, 6.45) is 0. The number of benzene rings is 1. The van der Waals surface area contributed by atoms with Crippen LogP contribution in [-0.4, -0.2) is 31.6 Å². The van der Waals surface area contributed by atoms with E-state index in [4.69, 9.17) is 0 Å². The van der Waals surface area contributed by atoms with E-state index >= 15 is 0 Å². The summed E-state index contributed by atoms with van der Waals surface area (Å²) in [7, 11) is -2.21. The molecular formula is C13H14N4O4S. The fourth-order valence-electron chi connectivity index (χ4n) is 1.68. The van der Waals surface area contributed by atoms with E-state index in [1.807, 2.05) is 0 Å². The van der Waals surface area contributed by atoms with Crippen LogP contribution in [0.25, 0.3) is 0 Å². The molecule has 0 aliphatic carbocycles. The molecule has 0 saturated heterocycles. The molecule has 1 aromatic heterocycles. The summed E-state index contributed by atoms with van der Waals surface area (Å²) in [5, 5.41) is 8.36. The van der Waals surface area contributed by atoms with Crippen LogP contribution in [0.5, 0.6) is 0 Å². The number of hydrogen-bond donors (Lipinski definition) is 3. The summed E-state index contributed by atoms with van der Waals surface area (Å²) in [6, 6.07) is 8.70. The second kappa shape index (κ2) is 6.50. The van der Waals surface area contributed by atoms with E-state index in [9.17, 15) is 18.0 Å². The molecule has 1 amide bonds. The van der Waals surface area contributed by atoms with Crippen LogP contribution in [0.15, 0.2) is 46.1 Å². The maximum absolute atomic E-state index is 11.8. The number of aromatic nitrogens is 2. The zero-order chi connectivity index (χ0) is 16.2. The molecule has 9 heteroatoms. The van der Waals surface area contributed by atoms with Crippen LogP contribution in [0.1, 0.15) is 16.1 Å². The van der Waals surface area contributed by atoms with Crippen molar-refractivity contribution in [3.05, 3.63) is 58.0 Å². The molecule has 2 aromatic rings. The molecule has 22 heavy (non-hydrogen) atoms. The van der Waals surface area contributed by atoms with Crippen LogP contribution in [0.2, 0.25) is 0 Å². The Morgan fingerprint density at radius 3 is 2.68 bits per heavy atom. The van der Waals surface area contributed by atoms with E-state index in [1.54, 1.807) is 12.1 Å². The highest BCUT2D eigenvalue weighted by Gasteiger charge is 2.12. The van der Waals surface area contributed by atoms with Gasteiger partial charge >= 0.3 is 0 Å². The molecular weight excluding hydrogens is 308 g/mol. The zero-order valence-electron chi connectivity index (χ0n) is 11.7. The molecule has 0 aliphatic heterocycles. The number of nitrogens with one attached hydrogen (secondary N) is 3. The van der Waals surface area contributed by atoms with Gasteiger partial charge in [-0.25, -0.2) is 18.2 Å². The number of carbonyl (C=O) groups is 1. The van der Waals surface area contributed by atoms with Crippen LogP contribution in [-0.2, 0) is 16.6 Å². The lowest BCUT2D eigenvalue weighted by molar-refractivity contribution is 0.0944. The quantitative estimate of drug-likeness (QED) is 0.692. The normalized spacial score (nSPS) is 11.1. The van der Waals surface area contributed by atoms with Crippen LogP contribution in [0, 0.1) is 0 Å². The van der Waals surface area contributed by atoms with Crippen LogP contribution >= 0.6 is 0 Å². The Balaban J connectivity index is 2.09. The molecule has 0 radical (unpaired) electrons. The summed E-state index contributed by atoms with van der Waals surface area (Å²) >= 11 is 0. The van der Waals surface area contributed by atoms with E-state index in [2.05, 4.69) is 20.2 Å². The standard InChI is InChI=1S/C13H14N4O4S/c1-14-22(20,21)10-4-2-3-9(7-10)8-15-13(19)11-5-6-12(18)17-16-11/h2-7,14H,8H2,1H3,(H,15,19)(H,17,18). The number of aromatic amines is 1. The molecule has 0 saturated carbocycles. The Hall–Kier alpha value is -2.52. The van der Waals surface area contributed by atoms with Crippen LogP contribution < -0.4 is 15.6 Å². The SMILES string of the molecule is CNS(=O)(=O)c1cccc(CNC(=O)c2ccc(=O)[nH]n2)c1. The van der Waals surface area contributed by atoms with Gasteiger partial charge < -0.3 is 5.32 Å². The molecule has 1 heterocycles. The lowest BCUT2D eigenvalue weighted by Crippen LogP contribution is -2.25. The topological polar surface area (TPSA) is 121 Å². The molecule has 0 fully saturated rings.